The van der Waals surface area contributed by atoms with E-state index >= 15 is 0 Å². The summed E-state index contributed by atoms with van der Waals surface area (Å²) < 4.78 is 3.94. The molecule has 0 saturated heterocycles. The summed E-state index contributed by atoms with van der Waals surface area (Å²) in [5, 5.41) is 15.4. The average Bonchev–Trinajstić information content (AvgIpc) is 2.58. The highest BCUT2D eigenvalue weighted by molar-refractivity contribution is 5.77. The van der Waals surface area contributed by atoms with E-state index in [0.717, 1.165) is 6.42 Å². The Hall–Kier alpha value is -1.85. The standard InChI is InChI=1S/C5H7NO.C2H2N2O2/c7-5-3-1-2-4-6-5;5-4-2-1-3-6-4/h2,4H,1,3H2,(H,6,7);1-2H. The lowest BCUT2D eigenvalue weighted by atomic mass is 10.2. The fourth-order valence-corrected chi connectivity index (χ4v) is 0.704. The molecule has 0 aromatic carbocycles. The summed E-state index contributed by atoms with van der Waals surface area (Å²) in [6.07, 6.45) is 7.61. The average molecular weight is 183 g/mol. The zero-order valence-electron chi connectivity index (χ0n) is 6.84. The minimum Gasteiger partial charge on any atom is -0.360 e. The summed E-state index contributed by atoms with van der Waals surface area (Å²) in [7, 11) is 0. The Labute approximate surface area is 74.4 Å². The maximum absolute atomic E-state index is 10.3. The van der Waals surface area contributed by atoms with Crippen LogP contribution in [0.2, 0.25) is 0 Å². The molecule has 6 nitrogen and oxygen atoms in total. The van der Waals surface area contributed by atoms with Gasteiger partial charge in [0.1, 0.15) is 0 Å². The van der Waals surface area contributed by atoms with Crippen molar-refractivity contribution in [3.8, 4) is 0 Å². The summed E-state index contributed by atoms with van der Waals surface area (Å²) in [6.45, 7) is 0. The molecule has 1 aromatic heterocycles. The van der Waals surface area contributed by atoms with Gasteiger partial charge in [0.15, 0.2) is 6.20 Å². The lowest BCUT2D eigenvalue weighted by molar-refractivity contribution is -0.802. The van der Waals surface area contributed by atoms with E-state index in [4.69, 9.17) is 0 Å². The summed E-state index contributed by atoms with van der Waals surface area (Å²) >= 11 is 0. The number of hydrogen-bond acceptors (Lipinski definition) is 4. The summed E-state index contributed by atoms with van der Waals surface area (Å²) in [6, 6.07) is 0. The summed E-state index contributed by atoms with van der Waals surface area (Å²) in [4.78, 5) is 10.6. The highest BCUT2D eigenvalue weighted by Gasteiger charge is 1.98. The number of rotatable bonds is 0. The summed E-state index contributed by atoms with van der Waals surface area (Å²) in [5.74, 6) is 0.127. The molecule has 70 valence electrons. The van der Waals surface area contributed by atoms with Crippen molar-refractivity contribution in [3.05, 3.63) is 29.9 Å². The second-order valence-corrected chi connectivity index (χ2v) is 2.28. The van der Waals surface area contributed by atoms with Crippen LogP contribution in [0.4, 0.5) is 0 Å². The molecule has 13 heavy (non-hydrogen) atoms. The van der Waals surface area contributed by atoms with E-state index in [1.165, 1.54) is 12.4 Å². The Morgan fingerprint density at radius 2 is 2.54 bits per heavy atom. The maximum atomic E-state index is 10.3. The van der Waals surface area contributed by atoms with Crippen LogP contribution in [0.5, 0.6) is 0 Å². The molecule has 1 aliphatic rings. The van der Waals surface area contributed by atoms with Crippen LogP contribution in [0.15, 0.2) is 29.3 Å². The molecule has 0 spiro atoms. The van der Waals surface area contributed by atoms with E-state index in [1.807, 2.05) is 6.08 Å². The van der Waals surface area contributed by atoms with Gasteiger partial charge in [-0.2, -0.15) is 0 Å². The van der Waals surface area contributed by atoms with Crippen LogP contribution < -0.4 is 10.2 Å². The minimum atomic E-state index is 0.127. The normalized spacial score (nSPS) is 14.3. The number of nitrogens with zero attached hydrogens (tertiary/aromatic N) is 2. The van der Waals surface area contributed by atoms with E-state index in [-0.39, 0.29) is 10.8 Å². The van der Waals surface area contributed by atoms with Gasteiger partial charge >= 0.3 is 0 Å². The van der Waals surface area contributed by atoms with Gasteiger partial charge in [-0.3, -0.25) is 9.42 Å². The van der Waals surface area contributed by atoms with Crippen molar-refractivity contribution in [2.24, 2.45) is 0 Å². The largest absolute Gasteiger partial charge is 0.360 e. The van der Waals surface area contributed by atoms with Crippen molar-refractivity contribution in [2.45, 2.75) is 12.8 Å². The zero-order chi connectivity index (χ0) is 9.52. The van der Waals surface area contributed by atoms with Gasteiger partial charge in [0.25, 0.3) is 0 Å². The van der Waals surface area contributed by atoms with Gasteiger partial charge in [0, 0.05) is 11.6 Å². The van der Waals surface area contributed by atoms with Crippen molar-refractivity contribution in [1.82, 2.24) is 10.5 Å². The van der Waals surface area contributed by atoms with Crippen LogP contribution in [-0.4, -0.2) is 11.1 Å². The van der Waals surface area contributed by atoms with Gasteiger partial charge in [0.05, 0.1) is 0 Å². The fraction of sp³-hybridized carbons (Fsp3) is 0.286. The number of allylic oxidation sites excluding steroid dienone is 1. The zero-order valence-corrected chi connectivity index (χ0v) is 6.84. The van der Waals surface area contributed by atoms with E-state index in [2.05, 4.69) is 15.1 Å². The molecule has 2 heterocycles. The molecule has 2 rings (SSSR count). The van der Waals surface area contributed by atoms with E-state index in [0.29, 0.717) is 6.42 Å². The second kappa shape index (κ2) is 4.91. The van der Waals surface area contributed by atoms with Crippen LogP contribution in [-0.2, 0) is 4.79 Å². The maximum Gasteiger partial charge on any atom is 0.224 e. The molecule has 1 aliphatic heterocycles. The van der Waals surface area contributed by atoms with Crippen molar-refractivity contribution in [3.63, 3.8) is 0 Å². The third kappa shape index (κ3) is 3.90. The van der Waals surface area contributed by atoms with Gasteiger partial charge in [-0.05, 0) is 17.5 Å². The van der Waals surface area contributed by atoms with E-state index < -0.39 is 0 Å². The molecule has 6 heteroatoms. The Bertz CT molecular complexity index is 281. The Morgan fingerprint density at radius 3 is 2.77 bits per heavy atom. The third-order valence-corrected chi connectivity index (χ3v) is 1.28. The lowest BCUT2D eigenvalue weighted by Crippen LogP contribution is -2.20. The molecule has 0 saturated carbocycles. The summed E-state index contributed by atoms with van der Waals surface area (Å²) in [5.41, 5.74) is 0. The van der Waals surface area contributed by atoms with Gasteiger partial charge < -0.3 is 10.5 Å². The number of carbonyl (C=O) groups is 1. The number of amides is 1. The van der Waals surface area contributed by atoms with Crippen LogP contribution >= 0.6 is 0 Å². The van der Waals surface area contributed by atoms with Crippen LogP contribution in [0.3, 0.4) is 0 Å². The molecule has 1 amide bonds. The van der Waals surface area contributed by atoms with Crippen molar-refractivity contribution >= 4 is 5.91 Å². The highest BCUT2D eigenvalue weighted by Crippen LogP contribution is 1.94. The first kappa shape index (κ1) is 9.24. The first-order valence-electron chi connectivity index (χ1n) is 3.74. The first-order valence-corrected chi connectivity index (χ1v) is 3.74. The lowest BCUT2D eigenvalue weighted by Gasteiger charge is -2.00. The first-order chi connectivity index (χ1) is 6.29. The highest BCUT2D eigenvalue weighted by atomic mass is 16.8. The van der Waals surface area contributed by atoms with Crippen molar-refractivity contribution in [2.75, 3.05) is 0 Å². The molecular formula is C7H9N3O3. The van der Waals surface area contributed by atoms with Crippen LogP contribution in [0.1, 0.15) is 12.8 Å². The van der Waals surface area contributed by atoms with Gasteiger partial charge in [-0.15, -0.1) is 0 Å². The smallest absolute Gasteiger partial charge is 0.224 e. The fourth-order valence-electron chi connectivity index (χ4n) is 0.704. The monoisotopic (exact) mass is 183 g/mol. The molecule has 0 radical (unpaired) electrons. The molecule has 1 aromatic rings. The Morgan fingerprint density at radius 1 is 1.69 bits per heavy atom. The minimum absolute atomic E-state index is 0.127. The predicted molar refractivity (Wildman–Crippen MR) is 42.0 cm³/mol. The molecule has 0 aliphatic carbocycles. The molecule has 0 bridgehead atoms. The number of hydrogen-bond donors (Lipinski definition) is 1. The third-order valence-electron chi connectivity index (χ3n) is 1.28. The Balaban J connectivity index is 0.000000132. The molecule has 1 N–H and O–H groups in total. The van der Waals surface area contributed by atoms with Gasteiger partial charge in [-0.25, -0.2) is 0 Å². The molecular weight excluding hydrogens is 174 g/mol. The molecule has 0 unspecified atom stereocenters. The molecule has 0 atom stereocenters. The SMILES string of the molecule is O=C1CCC=CN1.[O-][n+]1ccno1. The van der Waals surface area contributed by atoms with E-state index in [9.17, 15) is 10.0 Å². The predicted octanol–water partition coefficient (Wildman–Crippen LogP) is -0.282. The van der Waals surface area contributed by atoms with Crippen molar-refractivity contribution < 1.29 is 14.3 Å². The number of carbonyl (C=O) groups excluding carboxylic acids is 1. The topological polar surface area (TPSA) is 82.1 Å². The van der Waals surface area contributed by atoms with Crippen LogP contribution in [0, 0.1) is 5.21 Å². The number of nitrogens with one attached hydrogen (secondary N) is 1. The van der Waals surface area contributed by atoms with E-state index in [1.54, 1.807) is 6.20 Å². The van der Waals surface area contributed by atoms with Gasteiger partial charge in [0.2, 0.25) is 12.1 Å². The van der Waals surface area contributed by atoms with Crippen LogP contribution in [0.25, 0.3) is 0 Å². The second-order valence-electron chi connectivity index (χ2n) is 2.28. The Kier molecular flexibility index (Phi) is 3.49. The quantitative estimate of drug-likeness (QED) is 0.560. The van der Waals surface area contributed by atoms with Crippen molar-refractivity contribution in [1.29, 1.82) is 0 Å². The van der Waals surface area contributed by atoms with Gasteiger partial charge in [-0.1, -0.05) is 6.08 Å². The number of aromatic nitrogens is 2. The molecule has 0 fully saturated rings.